The van der Waals surface area contributed by atoms with E-state index in [4.69, 9.17) is 0 Å². The summed E-state index contributed by atoms with van der Waals surface area (Å²) in [6.07, 6.45) is 1.42. The molecule has 0 aliphatic carbocycles. The van der Waals surface area contributed by atoms with Gasteiger partial charge in [0.05, 0.1) is 19.2 Å². The van der Waals surface area contributed by atoms with Crippen LogP contribution in [0.15, 0.2) is 29.3 Å². The van der Waals surface area contributed by atoms with Gasteiger partial charge in [-0.25, -0.2) is 14.6 Å². The zero-order chi connectivity index (χ0) is 10.4. The number of aliphatic imine (C=N–C) groups is 1. The number of hydrogen-bond donors (Lipinski definition) is 0. The number of isocyanates is 1. The smallest absolute Gasteiger partial charge is 0.338 e. The summed E-state index contributed by atoms with van der Waals surface area (Å²) >= 11 is 0. The van der Waals surface area contributed by atoms with Crippen LogP contribution < -0.4 is 0 Å². The van der Waals surface area contributed by atoms with Gasteiger partial charge in [0.25, 0.3) is 0 Å². The van der Waals surface area contributed by atoms with Crippen LogP contribution in [0.1, 0.15) is 15.9 Å². The number of hydrogen-bond acceptors (Lipinski definition) is 4. The number of benzene rings is 1. The van der Waals surface area contributed by atoms with Gasteiger partial charge in [-0.3, -0.25) is 0 Å². The Morgan fingerprint density at radius 2 is 2.21 bits per heavy atom. The van der Waals surface area contributed by atoms with Gasteiger partial charge in [-0.15, -0.1) is 0 Å². The summed E-state index contributed by atoms with van der Waals surface area (Å²) < 4.78 is 4.58. The molecule has 0 amide bonds. The third kappa shape index (κ3) is 2.28. The summed E-state index contributed by atoms with van der Waals surface area (Å²) in [6.45, 7) is 0.148. The molecule has 0 fully saturated rings. The molecule has 1 aromatic carbocycles. The Kier molecular flexibility index (Phi) is 3.58. The van der Waals surface area contributed by atoms with Crippen molar-refractivity contribution in [3.63, 3.8) is 0 Å². The van der Waals surface area contributed by atoms with Crippen LogP contribution in [0.3, 0.4) is 0 Å². The molecule has 4 heteroatoms. The molecule has 0 bridgehead atoms. The van der Waals surface area contributed by atoms with Crippen LogP contribution in [0.25, 0.3) is 0 Å². The molecule has 1 aromatic rings. The number of rotatable bonds is 3. The Balaban J connectivity index is 3.02. The van der Waals surface area contributed by atoms with Gasteiger partial charge in [0.1, 0.15) is 0 Å². The van der Waals surface area contributed by atoms with Crippen LogP contribution in [0.4, 0.5) is 0 Å². The highest BCUT2D eigenvalue weighted by atomic mass is 16.5. The highest BCUT2D eigenvalue weighted by Crippen LogP contribution is 2.10. The van der Waals surface area contributed by atoms with Gasteiger partial charge in [0.2, 0.25) is 6.08 Å². The summed E-state index contributed by atoms with van der Waals surface area (Å²) in [5, 5.41) is 0. The maximum atomic E-state index is 11.2. The minimum atomic E-state index is -0.429. The van der Waals surface area contributed by atoms with Crippen molar-refractivity contribution in [3.8, 4) is 0 Å². The third-order valence-electron chi connectivity index (χ3n) is 1.74. The van der Waals surface area contributed by atoms with E-state index in [0.717, 1.165) is 0 Å². The largest absolute Gasteiger partial charge is 0.465 e. The van der Waals surface area contributed by atoms with E-state index in [2.05, 4.69) is 9.73 Å². The van der Waals surface area contributed by atoms with Gasteiger partial charge in [-0.05, 0) is 11.6 Å². The molecule has 0 radical (unpaired) electrons. The molecular formula is C10H9NO3. The third-order valence-corrected chi connectivity index (χ3v) is 1.74. The molecule has 0 atom stereocenters. The average Bonchev–Trinajstić information content (AvgIpc) is 2.25. The van der Waals surface area contributed by atoms with Gasteiger partial charge in [-0.2, -0.15) is 0 Å². The summed E-state index contributed by atoms with van der Waals surface area (Å²) in [5.74, 6) is -0.429. The molecule has 4 nitrogen and oxygen atoms in total. The van der Waals surface area contributed by atoms with Crippen LogP contribution in [-0.4, -0.2) is 19.2 Å². The highest BCUT2D eigenvalue weighted by Gasteiger charge is 2.09. The molecule has 0 aliphatic heterocycles. The second kappa shape index (κ2) is 4.94. The van der Waals surface area contributed by atoms with Crippen LogP contribution in [0.5, 0.6) is 0 Å². The number of carbonyl (C=O) groups is 1. The topological polar surface area (TPSA) is 55.7 Å². The molecule has 14 heavy (non-hydrogen) atoms. The zero-order valence-electron chi connectivity index (χ0n) is 7.69. The van der Waals surface area contributed by atoms with Crippen molar-refractivity contribution in [1.29, 1.82) is 0 Å². The fourth-order valence-corrected chi connectivity index (χ4v) is 1.08. The zero-order valence-corrected chi connectivity index (χ0v) is 7.69. The van der Waals surface area contributed by atoms with Crippen LogP contribution in [-0.2, 0) is 16.1 Å². The van der Waals surface area contributed by atoms with Crippen molar-refractivity contribution in [2.24, 2.45) is 4.99 Å². The predicted molar refractivity (Wildman–Crippen MR) is 49.6 cm³/mol. The lowest BCUT2D eigenvalue weighted by Crippen LogP contribution is -2.04. The van der Waals surface area contributed by atoms with E-state index in [-0.39, 0.29) is 6.54 Å². The van der Waals surface area contributed by atoms with Crippen LogP contribution in [0.2, 0.25) is 0 Å². The lowest BCUT2D eigenvalue weighted by Gasteiger charge is -2.03. The summed E-state index contributed by atoms with van der Waals surface area (Å²) in [7, 11) is 1.31. The molecule has 1 rings (SSSR count). The lowest BCUT2D eigenvalue weighted by atomic mass is 10.1. The Labute approximate surface area is 81.2 Å². The van der Waals surface area contributed by atoms with Crippen LogP contribution >= 0.6 is 0 Å². The fourth-order valence-electron chi connectivity index (χ4n) is 1.08. The molecule has 0 aromatic heterocycles. The van der Waals surface area contributed by atoms with Gasteiger partial charge in [-0.1, -0.05) is 18.2 Å². The normalized spacial score (nSPS) is 8.93. The summed E-state index contributed by atoms with van der Waals surface area (Å²) in [6, 6.07) is 6.83. The first-order valence-electron chi connectivity index (χ1n) is 3.99. The van der Waals surface area contributed by atoms with Gasteiger partial charge in [0.15, 0.2) is 0 Å². The van der Waals surface area contributed by atoms with E-state index in [1.54, 1.807) is 24.3 Å². The average molecular weight is 191 g/mol. The van der Waals surface area contributed by atoms with Gasteiger partial charge >= 0.3 is 5.97 Å². The van der Waals surface area contributed by atoms with E-state index in [1.807, 2.05) is 0 Å². The summed E-state index contributed by atoms with van der Waals surface area (Å²) in [4.78, 5) is 24.6. The molecule has 0 unspecified atom stereocenters. The highest BCUT2D eigenvalue weighted by molar-refractivity contribution is 5.90. The first-order valence-corrected chi connectivity index (χ1v) is 3.99. The Morgan fingerprint density at radius 3 is 2.86 bits per heavy atom. The van der Waals surface area contributed by atoms with Gasteiger partial charge < -0.3 is 4.74 Å². The molecule has 0 saturated carbocycles. The summed E-state index contributed by atoms with van der Waals surface area (Å²) in [5.41, 5.74) is 1.08. The number of esters is 1. The van der Waals surface area contributed by atoms with Crippen molar-refractivity contribution >= 4 is 12.0 Å². The van der Waals surface area contributed by atoms with Crippen molar-refractivity contribution in [2.75, 3.05) is 7.11 Å². The molecule has 0 spiro atoms. The van der Waals surface area contributed by atoms with Crippen LogP contribution in [0, 0.1) is 0 Å². The Morgan fingerprint density at radius 1 is 1.50 bits per heavy atom. The molecule has 0 saturated heterocycles. The van der Waals surface area contributed by atoms with E-state index in [0.29, 0.717) is 11.1 Å². The van der Waals surface area contributed by atoms with Crippen molar-refractivity contribution in [2.45, 2.75) is 6.54 Å². The number of methoxy groups -OCH3 is 1. The van der Waals surface area contributed by atoms with Crippen molar-refractivity contribution < 1.29 is 14.3 Å². The molecule has 0 heterocycles. The first kappa shape index (κ1) is 10.2. The van der Waals surface area contributed by atoms with Gasteiger partial charge in [0, 0.05) is 0 Å². The Hall–Kier alpha value is -1.93. The van der Waals surface area contributed by atoms with E-state index >= 15 is 0 Å². The second-order valence-corrected chi connectivity index (χ2v) is 2.56. The molecule has 0 N–H and O–H groups in total. The van der Waals surface area contributed by atoms with Crippen molar-refractivity contribution in [3.05, 3.63) is 35.4 Å². The SMILES string of the molecule is COC(=O)c1ccccc1CN=C=O. The maximum absolute atomic E-state index is 11.2. The first-order chi connectivity index (χ1) is 6.79. The number of nitrogens with zero attached hydrogens (tertiary/aromatic N) is 1. The lowest BCUT2D eigenvalue weighted by molar-refractivity contribution is 0.0599. The number of ether oxygens (including phenoxy) is 1. The van der Waals surface area contributed by atoms with Crippen molar-refractivity contribution in [1.82, 2.24) is 0 Å². The fraction of sp³-hybridized carbons (Fsp3) is 0.200. The standard InChI is InChI=1S/C10H9NO3/c1-14-10(13)9-5-3-2-4-8(9)6-11-7-12/h2-5H,6H2,1H3. The number of carbonyl (C=O) groups excluding carboxylic acids is 2. The second-order valence-electron chi connectivity index (χ2n) is 2.56. The predicted octanol–water partition coefficient (Wildman–Crippen LogP) is 1.31. The Bertz CT molecular complexity index is 381. The minimum Gasteiger partial charge on any atom is -0.465 e. The maximum Gasteiger partial charge on any atom is 0.338 e. The minimum absolute atomic E-state index is 0.148. The van der Waals surface area contributed by atoms with E-state index in [1.165, 1.54) is 13.2 Å². The molecule has 0 aliphatic rings. The molecule has 72 valence electrons. The van der Waals surface area contributed by atoms with E-state index in [9.17, 15) is 9.59 Å². The molecular weight excluding hydrogens is 182 g/mol. The monoisotopic (exact) mass is 191 g/mol. The van der Waals surface area contributed by atoms with E-state index < -0.39 is 5.97 Å². The quantitative estimate of drug-likeness (QED) is 0.411.